The van der Waals surface area contributed by atoms with Gasteiger partial charge < -0.3 is 32.9 Å². The highest BCUT2D eigenvalue weighted by Crippen LogP contribution is 2.48. The van der Waals surface area contributed by atoms with Gasteiger partial charge in [0.05, 0.1) is 33.5 Å². The Balaban J connectivity index is 1.73. The Labute approximate surface area is 353 Å². The standard InChI is InChI=1S/C47H63N3O7Si2/c1-11-31-47(51)46(49-50-48,35-56-59(45(5,6)7,39-23-17-13-18-24-39)40-25-19-14-20-26-40)43(54-33-36-21-15-12-16-22-36)42(53-32-37-27-29-38(52-8)30-28-37)41(57-47)34-55-58(9,10)44(2,3)4/h11-30,41-43,51H,1,31-35H2,2-10H3/t41-,42-,43+,46-,47+/m1/s1. The van der Waals surface area contributed by atoms with Crippen molar-refractivity contribution < 1.29 is 32.9 Å². The molecule has 0 bridgehead atoms. The van der Waals surface area contributed by atoms with Crippen molar-refractivity contribution in [1.82, 2.24) is 0 Å². The molecule has 0 saturated carbocycles. The summed E-state index contributed by atoms with van der Waals surface area (Å²) >= 11 is 0. The summed E-state index contributed by atoms with van der Waals surface area (Å²) in [5, 5.41) is 19.3. The van der Waals surface area contributed by atoms with Gasteiger partial charge in [0.2, 0.25) is 0 Å². The van der Waals surface area contributed by atoms with Gasteiger partial charge in [0.25, 0.3) is 8.32 Å². The quantitative estimate of drug-likeness (QED) is 0.0348. The van der Waals surface area contributed by atoms with Gasteiger partial charge in [-0.15, -0.1) is 6.58 Å². The molecule has 12 heteroatoms. The van der Waals surface area contributed by atoms with Crippen LogP contribution in [-0.4, -0.2) is 71.7 Å². The molecule has 1 N–H and O–H groups in total. The van der Waals surface area contributed by atoms with Crippen LogP contribution >= 0.6 is 0 Å². The Morgan fingerprint density at radius 2 is 1.31 bits per heavy atom. The summed E-state index contributed by atoms with van der Waals surface area (Å²) in [6.45, 7) is 21.5. The number of aliphatic hydroxyl groups is 1. The van der Waals surface area contributed by atoms with Gasteiger partial charge in [0.15, 0.2) is 19.6 Å². The van der Waals surface area contributed by atoms with E-state index in [4.69, 9.17) is 27.8 Å². The van der Waals surface area contributed by atoms with Crippen molar-refractivity contribution >= 4 is 27.0 Å². The molecule has 1 aliphatic heterocycles. The molecule has 5 rings (SSSR count). The van der Waals surface area contributed by atoms with E-state index in [0.29, 0.717) is 0 Å². The Morgan fingerprint density at radius 1 is 0.780 bits per heavy atom. The van der Waals surface area contributed by atoms with Crippen LogP contribution in [0.15, 0.2) is 133 Å². The predicted octanol–water partition coefficient (Wildman–Crippen LogP) is 9.48. The van der Waals surface area contributed by atoms with Gasteiger partial charge in [0.1, 0.15) is 24.1 Å². The fourth-order valence-corrected chi connectivity index (χ4v) is 13.3. The molecule has 1 aliphatic rings. The highest BCUT2D eigenvalue weighted by atomic mass is 28.4. The van der Waals surface area contributed by atoms with Gasteiger partial charge in [-0.2, -0.15) is 0 Å². The Bertz CT molecular complexity index is 1950. The van der Waals surface area contributed by atoms with E-state index in [-0.39, 0.29) is 37.9 Å². The summed E-state index contributed by atoms with van der Waals surface area (Å²) in [7, 11) is -4.02. The third-order valence-corrected chi connectivity index (χ3v) is 21.5. The fourth-order valence-electron chi connectivity index (χ4n) is 7.69. The Kier molecular flexibility index (Phi) is 14.9. The van der Waals surface area contributed by atoms with Crippen LogP contribution in [0.5, 0.6) is 5.75 Å². The van der Waals surface area contributed by atoms with Crippen molar-refractivity contribution in [2.24, 2.45) is 5.11 Å². The number of benzene rings is 4. The molecule has 5 atom stereocenters. The first-order valence-electron chi connectivity index (χ1n) is 20.3. The van der Waals surface area contributed by atoms with Gasteiger partial charge in [-0.05, 0) is 62.3 Å². The second-order valence-electron chi connectivity index (χ2n) is 17.9. The van der Waals surface area contributed by atoms with Crippen LogP contribution in [0.2, 0.25) is 23.2 Å². The lowest BCUT2D eigenvalue weighted by atomic mass is 9.76. The lowest BCUT2D eigenvalue weighted by Crippen LogP contribution is -2.76. The monoisotopic (exact) mass is 837 g/mol. The average molecular weight is 838 g/mol. The maximum Gasteiger partial charge on any atom is 0.261 e. The van der Waals surface area contributed by atoms with Crippen LogP contribution in [0.3, 0.4) is 0 Å². The Hall–Kier alpha value is -4.08. The molecule has 0 spiro atoms. The third-order valence-electron chi connectivity index (χ3n) is 12.0. The summed E-state index contributed by atoms with van der Waals surface area (Å²) in [6, 6.07) is 37.8. The molecule has 0 aliphatic carbocycles. The van der Waals surface area contributed by atoms with E-state index < -0.39 is 51.3 Å². The minimum Gasteiger partial charge on any atom is -0.497 e. The fraction of sp³-hybridized carbons (Fsp3) is 0.447. The summed E-state index contributed by atoms with van der Waals surface area (Å²) in [6.07, 6.45) is -1.42. The highest BCUT2D eigenvalue weighted by molar-refractivity contribution is 6.99. The van der Waals surface area contributed by atoms with Crippen LogP contribution in [0.1, 0.15) is 59.1 Å². The molecule has 10 nitrogen and oxygen atoms in total. The van der Waals surface area contributed by atoms with Crippen LogP contribution in [0, 0.1) is 0 Å². The third kappa shape index (κ3) is 9.94. The number of hydrogen-bond acceptors (Lipinski definition) is 8. The van der Waals surface area contributed by atoms with Crippen LogP contribution in [0.4, 0.5) is 0 Å². The summed E-state index contributed by atoms with van der Waals surface area (Å²) in [5.74, 6) is -1.45. The lowest BCUT2D eigenvalue weighted by Gasteiger charge is -2.57. The van der Waals surface area contributed by atoms with Crippen molar-refractivity contribution in [2.45, 2.75) is 114 Å². The van der Waals surface area contributed by atoms with Crippen LogP contribution in [-0.2, 0) is 36.3 Å². The van der Waals surface area contributed by atoms with Gasteiger partial charge in [-0.25, -0.2) is 0 Å². The van der Waals surface area contributed by atoms with Crippen LogP contribution < -0.4 is 15.1 Å². The molecule has 0 unspecified atom stereocenters. The van der Waals surface area contributed by atoms with E-state index in [9.17, 15) is 10.6 Å². The molecular weight excluding hydrogens is 775 g/mol. The maximum absolute atomic E-state index is 13.2. The van der Waals surface area contributed by atoms with Gasteiger partial charge in [-0.3, -0.25) is 0 Å². The average Bonchev–Trinajstić information content (AvgIpc) is 3.21. The molecule has 59 heavy (non-hydrogen) atoms. The first-order valence-corrected chi connectivity index (χ1v) is 25.1. The van der Waals surface area contributed by atoms with Gasteiger partial charge >= 0.3 is 0 Å². The number of hydrogen-bond donors (Lipinski definition) is 1. The molecule has 1 fully saturated rings. The first kappa shape index (κ1) is 46.0. The minimum absolute atomic E-state index is 0.0936. The molecule has 4 aromatic carbocycles. The zero-order chi connectivity index (χ0) is 43.0. The maximum atomic E-state index is 13.2. The second kappa shape index (κ2) is 19.1. The molecule has 0 aromatic heterocycles. The number of ether oxygens (including phenoxy) is 4. The zero-order valence-electron chi connectivity index (χ0n) is 36.3. The molecule has 0 radical (unpaired) electrons. The molecule has 316 valence electrons. The molecular formula is C47H63N3O7Si2. The Morgan fingerprint density at radius 3 is 1.80 bits per heavy atom. The van der Waals surface area contributed by atoms with Crippen molar-refractivity contribution in [2.75, 3.05) is 20.3 Å². The first-order chi connectivity index (χ1) is 28.0. The van der Waals surface area contributed by atoms with Crippen molar-refractivity contribution in [3.05, 3.63) is 149 Å². The van der Waals surface area contributed by atoms with E-state index in [1.165, 1.54) is 0 Å². The highest BCUT2D eigenvalue weighted by Gasteiger charge is 2.66. The topological polar surface area (TPSA) is 124 Å². The second-order valence-corrected chi connectivity index (χ2v) is 27.0. The van der Waals surface area contributed by atoms with E-state index in [0.717, 1.165) is 27.2 Å². The summed E-state index contributed by atoms with van der Waals surface area (Å²) < 4.78 is 40.6. The largest absolute Gasteiger partial charge is 0.497 e. The molecule has 4 aromatic rings. The van der Waals surface area contributed by atoms with E-state index in [1.807, 2.05) is 91.0 Å². The van der Waals surface area contributed by atoms with Gasteiger partial charge in [0, 0.05) is 11.3 Å². The number of rotatable bonds is 18. The van der Waals surface area contributed by atoms with Crippen molar-refractivity contribution in [3.8, 4) is 5.75 Å². The summed E-state index contributed by atoms with van der Waals surface area (Å²) in [4.78, 5) is 3.45. The van der Waals surface area contributed by atoms with E-state index in [1.54, 1.807) is 13.2 Å². The van der Waals surface area contributed by atoms with Crippen LogP contribution in [0.25, 0.3) is 10.4 Å². The predicted molar refractivity (Wildman–Crippen MR) is 240 cm³/mol. The van der Waals surface area contributed by atoms with Crippen molar-refractivity contribution in [1.29, 1.82) is 0 Å². The van der Waals surface area contributed by atoms with Crippen molar-refractivity contribution in [3.63, 3.8) is 0 Å². The number of methoxy groups -OCH3 is 1. The minimum atomic E-state index is -3.29. The normalized spacial score (nSPS) is 22.6. The zero-order valence-corrected chi connectivity index (χ0v) is 38.3. The smallest absolute Gasteiger partial charge is 0.261 e. The number of azide groups is 1. The van der Waals surface area contributed by atoms with Gasteiger partial charge in [-0.1, -0.05) is 156 Å². The molecule has 1 saturated heterocycles. The SMILES string of the molecule is C=CC[C@]1(O)O[C@H](CO[Si](C)(C)C(C)(C)C)[C@@H](OCc2ccc(OC)cc2)[C@H](OCc2ccccc2)[C@@]1(CO[Si](c1ccccc1)(c1ccccc1)C(C)(C)C)N=[N+]=[N-]. The van der Waals surface area contributed by atoms with E-state index >= 15 is 0 Å². The number of nitrogens with zero attached hydrogens (tertiary/aromatic N) is 3. The lowest BCUT2D eigenvalue weighted by molar-refractivity contribution is -0.355. The molecule has 0 amide bonds. The van der Waals surface area contributed by atoms with E-state index in [2.05, 4.69) is 95.5 Å². The molecule has 1 heterocycles. The summed E-state index contributed by atoms with van der Waals surface area (Å²) in [5.41, 5.74) is 10.5.